The molecule has 0 N–H and O–H groups in total. The lowest BCUT2D eigenvalue weighted by Gasteiger charge is -2.03. The molecule has 0 saturated heterocycles. The van der Waals surface area contributed by atoms with Gasteiger partial charge in [-0.2, -0.15) is 0 Å². The number of ether oxygens (including phenoxy) is 1. The normalized spacial score (nSPS) is 10.6. The maximum Gasteiger partial charge on any atom is 0.182 e. The zero-order chi connectivity index (χ0) is 13.2. The van der Waals surface area contributed by atoms with Gasteiger partial charge in [0.2, 0.25) is 0 Å². The van der Waals surface area contributed by atoms with Gasteiger partial charge in [0.25, 0.3) is 0 Å². The van der Waals surface area contributed by atoms with Crippen LogP contribution in [0.5, 0.6) is 5.75 Å². The first-order valence-electron chi connectivity index (χ1n) is 5.71. The van der Waals surface area contributed by atoms with Gasteiger partial charge in [-0.05, 0) is 42.5 Å². The van der Waals surface area contributed by atoms with E-state index in [1.807, 2.05) is 30.3 Å². The molecule has 3 rings (SSSR count). The Morgan fingerprint density at radius 2 is 1.74 bits per heavy atom. The summed E-state index contributed by atoms with van der Waals surface area (Å²) in [4.78, 5) is 4.47. The van der Waals surface area contributed by atoms with Crippen molar-refractivity contribution in [1.29, 1.82) is 0 Å². The highest BCUT2D eigenvalue weighted by molar-refractivity contribution is 6.31. The molecule has 0 saturated carbocycles. The number of nitrogens with zero attached hydrogens (tertiary/aromatic N) is 3. The summed E-state index contributed by atoms with van der Waals surface area (Å²) >= 11 is 5.90. The van der Waals surface area contributed by atoms with Gasteiger partial charge in [-0.3, -0.25) is 0 Å². The van der Waals surface area contributed by atoms with Crippen molar-refractivity contribution in [2.24, 2.45) is 0 Å². The van der Waals surface area contributed by atoms with Crippen LogP contribution < -0.4 is 4.74 Å². The van der Waals surface area contributed by atoms with Crippen molar-refractivity contribution in [3.63, 3.8) is 0 Å². The summed E-state index contributed by atoms with van der Waals surface area (Å²) in [5.74, 6) is 1.38. The maximum absolute atomic E-state index is 5.90. The summed E-state index contributed by atoms with van der Waals surface area (Å²) in [6.45, 7) is 0. The molecule has 1 aromatic heterocycles. The zero-order valence-electron chi connectivity index (χ0n) is 10.2. The monoisotopic (exact) mass is 271 g/mol. The van der Waals surface area contributed by atoms with E-state index >= 15 is 0 Å². The van der Waals surface area contributed by atoms with Gasteiger partial charge in [0.1, 0.15) is 11.3 Å². The molecule has 1 heterocycles. The van der Waals surface area contributed by atoms with E-state index in [9.17, 15) is 0 Å². The number of halogens is 1. The van der Waals surface area contributed by atoms with Crippen molar-refractivity contribution in [2.45, 2.75) is 0 Å². The minimum atomic E-state index is 0.581. The molecular weight excluding hydrogens is 262 g/mol. The van der Waals surface area contributed by atoms with Crippen molar-refractivity contribution < 1.29 is 4.74 Å². The van der Waals surface area contributed by atoms with Gasteiger partial charge in [0, 0.05) is 10.6 Å². The smallest absolute Gasteiger partial charge is 0.182 e. The molecule has 0 bridgehead atoms. The quantitative estimate of drug-likeness (QED) is 0.717. The number of benzene rings is 2. The summed E-state index contributed by atoms with van der Waals surface area (Å²) in [7, 11) is 1.63. The standard InChI is InChI=1S/C14H10ClN3O/c1-19-11-5-2-9(3-6-11)14-16-12-7-4-10(15)8-13(12)17-18-14/h2-8H,1H3. The molecule has 5 heteroatoms. The van der Waals surface area contributed by atoms with Crippen LogP contribution in [-0.2, 0) is 0 Å². The summed E-state index contributed by atoms with van der Waals surface area (Å²) in [6, 6.07) is 12.9. The minimum absolute atomic E-state index is 0.581. The lowest BCUT2D eigenvalue weighted by atomic mass is 10.2. The minimum Gasteiger partial charge on any atom is -0.497 e. The number of methoxy groups -OCH3 is 1. The van der Waals surface area contributed by atoms with Crippen LogP contribution in [0, 0.1) is 0 Å². The molecule has 0 aliphatic rings. The Kier molecular flexibility index (Phi) is 3.01. The molecule has 0 radical (unpaired) electrons. The average Bonchev–Trinajstić information content (AvgIpc) is 2.47. The fraction of sp³-hybridized carbons (Fsp3) is 0.0714. The highest BCUT2D eigenvalue weighted by atomic mass is 35.5. The molecule has 4 nitrogen and oxygen atoms in total. The average molecular weight is 272 g/mol. The van der Waals surface area contributed by atoms with E-state index in [1.165, 1.54) is 0 Å². The van der Waals surface area contributed by atoms with E-state index in [-0.39, 0.29) is 0 Å². The van der Waals surface area contributed by atoms with Gasteiger partial charge in [-0.15, -0.1) is 10.2 Å². The Morgan fingerprint density at radius 3 is 2.47 bits per heavy atom. The fourth-order valence-corrected chi connectivity index (χ4v) is 1.94. The van der Waals surface area contributed by atoms with E-state index in [4.69, 9.17) is 16.3 Å². The molecule has 0 unspecified atom stereocenters. The van der Waals surface area contributed by atoms with Gasteiger partial charge in [0.15, 0.2) is 5.82 Å². The molecule has 0 aliphatic heterocycles. The lowest BCUT2D eigenvalue weighted by Crippen LogP contribution is -1.94. The van der Waals surface area contributed by atoms with Crippen molar-refractivity contribution in [2.75, 3.05) is 7.11 Å². The van der Waals surface area contributed by atoms with Crippen LogP contribution in [0.15, 0.2) is 42.5 Å². The first-order valence-corrected chi connectivity index (χ1v) is 6.08. The van der Waals surface area contributed by atoms with E-state index in [1.54, 1.807) is 19.2 Å². The summed E-state index contributed by atoms with van der Waals surface area (Å²) in [6.07, 6.45) is 0. The molecule has 2 aromatic carbocycles. The van der Waals surface area contributed by atoms with Crippen molar-refractivity contribution in [1.82, 2.24) is 15.2 Å². The van der Waals surface area contributed by atoms with E-state index in [0.717, 1.165) is 16.8 Å². The van der Waals surface area contributed by atoms with Crippen LogP contribution >= 0.6 is 11.6 Å². The van der Waals surface area contributed by atoms with Gasteiger partial charge in [-0.1, -0.05) is 11.6 Å². The second-order valence-electron chi connectivity index (χ2n) is 4.00. The Balaban J connectivity index is 2.06. The SMILES string of the molecule is COc1ccc(-c2nnc3cc(Cl)ccc3n2)cc1. The third kappa shape index (κ3) is 2.35. The van der Waals surface area contributed by atoms with E-state index in [2.05, 4.69) is 15.2 Å². The molecule has 3 aromatic rings. The highest BCUT2D eigenvalue weighted by Gasteiger charge is 2.05. The number of aromatic nitrogens is 3. The lowest BCUT2D eigenvalue weighted by molar-refractivity contribution is 0.415. The number of fused-ring (bicyclic) bond motifs is 1. The second-order valence-corrected chi connectivity index (χ2v) is 4.43. The van der Waals surface area contributed by atoms with Crippen LogP contribution in [0.4, 0.5) is 0 Å². The Bertz CT molecular complexity index is 728. The van der Waals surface area contributed by atoms with Gasteiger partial charge < -0.3 is 4.74 Å². The Hall–Kier alpha value is -2.20. The molecule has 19 heavy (non-hydrogen) atoms. The topological polar surface area (TPSA) is 47.9 Å². The third-order valence-electron chi connectivity index (χ3n) is 2.76. The van der Waals surface area contributed by atoms with E-state index in [0.29, 0.717) is 16.4 Å². The first kappa shape index (κ1) is 11.9. The molecule has 0 amide bonds. The molecular formula is C14H10ClN3O. The number of hydrogen-bond acceptors (Lipinski definition) is 4. The van der Waals surface area contributed by atoms with Crippen molar-refractivity contribution in [3.05, 3.63) is 47.5 Å². The number of hydrogen-bond donors (Lipinski definition) is 0. The molecule has 0 spiro atoms. The molecule has 0 aliphatic carbocycles. The number of rotatable bonds is 2. The largest absolute Gasteiger partial charge is 0.497 e. The van der Waals surface area contributed by atoms with Crippen LogP contribution in [0.2, 0.25) is 5.02 Å². The first-order chi connectivity index (χ1) is 9.26. The van der Waals surface area contributed by atoms with Crippen LogP contribution in [0.3, 0.4) is 0 Å². The summed E-state index contributed by atoms with van der Waals surface area (Å²) < 4.78 is 5.12. The van der Waals surface area contributed by atoms with Crippen LogP contribution in [0.1, 0.15) is 0 Å². The predicted octanol–water partition coefficient (Wildman–Crippen LogP) is 3.35. The highest BCUT2D eigenvalue weighted by Crippen LogP contribution is 2.21. The van der Waals surface area contributed by atoms with Gasteiger partial charge in [0.05, 0.1) is 12.6 Å². The fourth-order valence-electron chi connectivity index (χ4n) is 1.77. The summed E-state index contributed by atoms with van der Waals surface area (Å²) in [5.41, 5.74) is 2.35. The maximum atomic E-state index is 5.90. The Morgan fingerprint density at radius 1 is 0.947 bits per heavy atom. The molecule has 94 valence electrons. The van der Waals surface area contributed by atoms with Gasteiger partial charge in [-0.25, -0.2) is 4.98 Å². The van der Waals surface area contributed by atoms with Gasteiger partial charge >= 0.3 is 0 Å². The van der Waals surface area contributed by atoms with Crippen molar-refractivity contribution >= 4 is 22.6 Å². The molecule has 0 fully saturated rings. The van der Waals surface area contributed by atoms with Crippen molar-refractivity contribution in [3.8, 4) is 17.1 Å². The van der Waals surface area contributed by atoms with Crippen LogP contribution in [-0.4, -0.2) is 22.3 Å². The second kappa shape index (κ2) is 4.82. The third-order valence-corrected chi connectivity index (χ3v) is 3.00. The van der Waals surface area contributed by atoms with E-state index < -0.39 is 0 Å². The zero-order valence-corrected chi connectivity index (χ0v) is 10.9. The predicted molar refractivity (Wildman–Crippen MR) is 74.3 cm³/mol. The Labute approximate surface area is 115 Å². The molecule has 0 atom stereocenters. The van der Waals surface area contributed by atoms with Crippen LogP contribution in [0.25, 0.3) is 22.4 Å². The summed E-state index contributed by atoms with van der Waals surface area (Å²) in [5, 5.41) is 8.87.